The lowest BCUT2D eigenvalue weighted by atomic mass is 10.0. The molecule has 1 saturated carbocycles. The summed E-state index contributed by atoms with van der Waals surface area (Å²) in [7, 11) is 3.89. The largest absolute Gasteiger partial charge is 0.497 e. The molecule has 0 saturated heterocycles. The van der Waals surface area contributed by atoms with Crippen molar-refractivity contribution in [1.82, 2.24) is 4.90 Å². The van der Waals surface area contributed by atoms with Crippen LogP contribution >= 0.6 is 0 Å². The maximum atomic E-state index is 6.00. The number of fused-ring (bicyclic) bond motifs is 1. The Balaban J connectivity index is 1.94. The summed E-state index contributed by atoms with van der Waals surface area (Å²) < 4.78 is 5.27. The van der Waals surface area contributed by atoms with Gasteiger partial charge in [0, 0.05) is 18.6 Å². The first kappa shape index (κ1) is 13.4. The third-order valence-electron chi connectivity index (χ3n) is 4.29. The summed E-state index contributed by atoms with van der Waals surface area (Å²) in [6.07, 6.45) is 2.61. The SMILES string of the molecule is COc1ccc2cc(C(CN)N(C)C3CC3)ccc2c1. The molecule has 106 valence electrons. The molecule has 3 heteroatoms. The number of ether oxygens (including phenoxy) is 1. The van der Waals surface area contributed by atoms with E-state index in [1.807, 2.05) is 6.07 Å². The zero-order chi connectivity index (χ0) is 14.1. The average Bonchev–Trinajstić information content (AvgIpc) is 3.32. The Morgan fingerprint density at radius 3 is 2.55 bits per heavy atom. The summed E-state index contributed by atoms with van der Waals surface area (Å²) in [6, 6.07) is 13.8. The van der Waals surface area contributed by atoms with Gasteiger partial charge in [-0.25, -0.2) is 0 Å². The Labute approximate surface area is 120 Å². The predicted molar refractivity (Wildman–Crippen MR) is 83.1 cm³/mol. The van der Waals surface area contributed by atoms with Crippen LogP contribution in [0.5, 0.6) is 5.75 Å². The van der Waals surface area contributed by atoms with E-state index in [0.29, 0.717) is 12.6 Å². The molecule has 20 heavy (non-hydrogen) atoms. The normalized spacial score (nSPS) is 16.6. The van der Waals surface area contributed by atoms with E-state index in [9.17, 15) is 0 Å². The summed E-state index contributed by atoms with van der Waals surface area (Å²) in [6.45, 7) is 0.661. The smallest absolute Gasteiger partial charge is 0.119 e. The molecule has 1 aliphatic rings. The molecule has 0 spiro atoms. The molecule has 1 fully saturated rings. The van der Waals surface area contributed by atoms with Crippen LogP contribution in [0.2, 0.25) is 0 Å². The van der Waals surface area contributed by atoms with E-state index in [1.54, 1.807) is 7.11 Å². The molecular formula is C17H22N2O. The summed E-state index contributed by atoms with van der Waals surface area (Å²) in [5.74, 6) is 0.899. The highest BCUT2D eigenvalue weighted by atomic mass is 16.5. The maximum absolute atomic E-state index is 6.00. The molecule has 0 aromatic heterocycles. The summed E-state index contributed by atoms with van der Waals surface area (Å²) >= 11 is 0. The lowest BCUT2D eigenvalue weighted by molar-refractivity contribution is 0.240. The van der Waals surface area contributed by atoms with Gasteiger partial charge in [0.25, 0.3) is 0 Å². The topological polar surface area (TPSA) is 38.5 Å². The second-order valence-electron chi connectivity index (χ2n) is 5.62. The first-order chi connectivity index (χ1) is 9.72. The number of nitrogens with two attached hydrogens (primary N) is 1. The molecule has 0 amide bonds. The first-order valence-electron chi connectivity index (χ1n) is 7.22. The zero-order valence-corrected chi connectivity index (χ0v) is 12.2. The van der Waals surface area contributed by atoms with Crippen molar-refractivity contribution in [1.29, 1.82) is 0 Å². The van der Waals surface area contributed by atoms with E-state index in [0.717, 1.165) is 11.8 Å². The molecule has 0 aliphatic heterocycles. The molecule has 2 aromatic rings. The number of hydrogen-bond acceptors (Lipinski definition) is 3. The van der Waals surface area contributed by atoms with Gasteiger partial charge in [0.1, 0.15) is 5.75 Å². The van der Waals surface area contributed by atoms with Crippen LogP contribution in [0.15, 0.2) is 36.4 Å². The van der Waals surface area contributed by atoms with E-state index < -0.39 is 0 Å². The number of rotatable bonds is 5. The van der Waals surface area contributed by atoms with Crippen molar-refractivity contribution < 1.29 is 4.74 Å². The van der Waals surface area contributed by atoms with Gasteiger partial charge >= 0.3 is 0 Å². The van der Waals surface area contributed by atoms with Crippen molar-refractivity contribution in [3.05, 3.63) is 42.0 Å². The second-order valence-corrected chi connectivity index (χ2v) is 5.62. The van der Waals surface area contributed by atoms with Gasteiger partial charge in [-0.15, -0.1) is 0 Å². The van der Waals surface area contributed by atoms with E-state index in [4.69, 9.17) is 10.5 Å². The van der Waals surface area contributed by atoms with Gasteiger partial charge < -0.3 is 10.5 Å². The fourth-order valence-electron chi connectivity index (χ4n) is 2.85. The highest BCUT2D eigenvalue weighted by molar-refractivity contribution is 5.84. The van der Waals surface area contributed by atoms with Crippen LogP contribution < -0.4 is 10.5 Å². The molecule has 0 radical (unpaired) electrons. The number of benzene rings is 2. The fourth-order valence-corrected chi connectivity index (χ4v) is 2.85. The fraction of sp³-hybridized carbons (Fsp3) is 0.412. The predicted octanol–water partition coefficient (Wildman–Crippen LogP) is 2.94. The molecule has 2 N–H and O–H groups in total. The highest BCUT2D eigenvalue weighted by Gasteiger charge is 2.31. The Hall–Kier alpha value is -1.58. The van der Waals surface area contributed by atoms with Crippen LogP contribution in [0, 0.1) is 0 Å². The Morgan fingerprint density at radius 1 is 1.20 bits per heavy atom. The zero-order valence-electron chi connectivity index (χ0n) is 12.2. The van der Waals surface area contributed by atoms with Gasteiger partial charge in [-0.1, -0.05) is 18.2 Å². The minimum Gasteiger partial charge on any atom is -0.497 e. The minimum absolute atomic E-state index is 0.314. The van der Waals surface area contributed by atoms with Crippen molar-refractivity contribution in [3.8, 4) is 5.75 Å². The molecule has 0 heterocycles. The minimum atomic E-state index is 0.314. The number of likely N-dealkylation sites (N-methyl/N-ethyl adjacent to an activating group) is 1. The first-order valence-corrected chi connectivity index (χ1v) is 7.22. The molecule has 3 nitrogen and oxygen atoms in total. The number of nitrogens with zero attached hydrogens (tertiary/aromatic N) is 1. The monoisotopic (exact) mass is 270 g/mol. The third kappa shape index (κ3) is 2.51. The van der Waals surface area contributed by atoms with Crippen molar-refractivity contribution in [2.45, 2.75) is 24.9 Å². The van der Waals surface area contributed by atoms with Gasteiger partial charge in [0.15, 0.2) is 0 Å². The van der Waals surface area contributed by atoms with Crippen molar-refractivity contribution in [3.63, 3.8) is 0 Å². The van der Waals surface area contributed by atoms with E-state index in [-0.39, 0.29) is 0 Å². The van der Waals surface area contributed by atoms with E-state index in [2.05, 4.69) is 42.3 Å². The molecular weight excluding hydrogens is 248 g/mol. The van der Waals surface area contributed by atoms with Crippen LogP contribution in [0.1, 0.15) is 24.4 Å². The molecule has 1 unspecified atom stereocenters. The highest BCUT2D eigenvalue weighted by Crippen LogP contribution is 2.33. The maximum Gasteiger partial charge on any atom is 0.119 e. The Bertz CT molecular complexity index is 607. The van der Waals surface area contributed by atoms with Crippen LogP contribution in [0.4, 0.5) is 0 Å². The lowest BCUT2D eigenvalue weighted by Gasteiger charge is -2.27. The van der Waals surface area contributed by atoms with Gasteiger partial charge in [0.2, 0.25) is 0 Å². The molecule has 3 rings (SSSR count). The molecule has 1 aliphatic carbocycles. The third-order valence-corrected chi connectivity index (χ3v) is 4.29. The van der Waals surface area contributed by atoms with Gasteiger partial charge in [0.05, 0.1) is 7.11 Å². The molecule has 0 bridgehead atoms. The van der Waals surface area contributed by atoms with Crippen LogP contribution in [-0.2, 0) is 0 Å². The lowest BCUT2D eigenvalue weighted by Crippen LogP contribution is -2.32. The number of hydrogen-bond donors (Lipinski definition) is 1. The quantitative estimate of drug-likeness (QED) is 0.908. The standard InChI is InChI=1S/C17H22N2O/c1-19(15-6-7-15)17(11-18)14-4-3-13-10-16(20-2)8-5-12(13)9-14/h3-5,8-10,15,17H,6-7,11,18H2,1-2H3. The van der Waals surface area contributed by atoms with Gasteiger partial charge in [-0.05, 0) is 54.4 Å². The number of methoxy groups -OCH3 is 1. The van der Waals surface area contributed by atoms with Crippen molar-refractivity contribution in [2.75, 3.05) is 20.7 Å². The van der Waals surface area contributed by atoms with E-state index >= 15 is 0 Å². The summed E-state index contributed by atoms with van der Waals surface area (Å²) in [4.78, 5) is 2.42. The Morgan fingerprint density at radius 2 is 1.90 bits per heavy atom. The van der Waals surface area contributed by atoms with Crippen LogP contribution in [-0.4, -0.2) is 31.6 Å². The Kier molecular flexibility index (Phi) is 3.64. The van der Waals surface area contributed by atoms with Crippen molar-refractivity contribution in [2.24, 2.45) is 5.73 Å². The van der Waals surface area contributed by atoms with Crippen LogP contribution in [0.25, 0.3) is 10.8 Å². The van der Waals surface area contributed by atoms with Crippen molar-refractivity contribution >= 4 is 10.8 Å². The van der Waals surface area contributed by atoms with Gasteiger partial charge in [-0.3, -0.25) is 4.90 Å². The average molecular weight is 270 g/mol. The van der Waals surface area contributed by atoms with E-state index in [1.165, 1.54) is 29.2 Å². The molecule has 1 atom stereocenters. The summed E-state index contributed by atoms with van der Waals surface area (Å²) in [5.41, 5.74) is 7.30. The second kappa shape index (κ2) is 5.43. The summed E-state index contributed by atoms with van der Waals surface area (Å²) in [5, 5.41) is 2.45. The van der Waals surface area contributed by atoms with Crippen LogP contribution in [0.3, 0.4) is 0 Å². The van der Waals surface area contributed by atoms with Gasteiger partial charge in [-0.2, -0.15) is 0 Å². The molecule has 2 aromatic carbocycles.